The Balaban J connectivity index is 2.56. The van der Waals surface area contributed by atoms with E-state index in [1.165, 1.54) is 5.56 Å². The van der Waals surface area contributed by atoms with Gasteiger partial charge in [0.2, 0.25) is 0 Å². The van der Waals surface area contributed by atoms with Crippen molar-refractivity contribution in [3.63, 3.8) is 0 Å². The van der Waals surface area contributed by atoms with E-state index in [9.17, 15) is 0 Å². The maximum atomic E-state index is 5.59. The van der Waals surface area contributed by atoms with Crippen LogP contribution in [0, 0.1) is 11.5 Å². The van der Waals surface area contributed by atoms with Crippen LogP contribution >= 0.6 is 0 Å². The second-order valence-corrected chi connectivity index (χ2v) is 11.2. The molecule has 0 spiro atoms. The average Bonchev–Trinajstić information content (AvgIpc) is 2.55. The quantitative estimate of drug-likeness (QED) is 0.598. The van der Waals surface area contributed by atoms with E-state index in [-0.39, 0.29) is 5.92 Å². The van der Waals surface area contributed by atoms with Gasteiger partial charge >= 0.3 is 0 Å². The van der Waals surface area contributed by atoms with Crippen LogP contribution in [-0.2, 0) is 0 Å². The molecule has 0 bridgehead atoms. The molecule has 0 saturated carbocycles. The number of hydrogen-bond acceptors (Lipinski definition) is 2. The minimum atomic E-state index is -1.46. The highest BCUT2D eigenvalue weighted by Crippen LogP contribution is 2.34. The number of ether oxygens (including phenoxy) is 2. The van der Waals surface area contributed by atoms with Gasteiger partial charge in [-0.2, -0.15) is 0 Å². The zero-order valence-corrected chi connectivity index (χ0v) is 15.5. The van der Waals surface area contributed by atoms with Crippen molar-refractivity contribution in [1.29, 1.82) is 0 Å². The van der Waals surface area contributed by atoms with Crippen molar-refractivity contribution in [3.8, 4) is 23.0 Å². The molecule has 2 rings (SSSR count). The summed E-state index contributed by atoms with van der Waals surface area (Å²) < 4.78 is 10.9. The third-order valence-electron chi connectivity index (χ3n) is 3.48. The second kappa shape index (κ2) is 7.39. The molecule has 1 unspecified atom stereocenters. The molecule has 0 amide bonds. The van der Waals surface area contributed by atoms with Crippen molar-refractivity contribution in [1.82, 2.24) is 0 Å². The second-order valence-electron chi connectivity index (χ2n) is 6.47. The molecule has 1 atom stereocenters. The Hall–Kier alpha value is -2.18. The van der Waals surface area contributed by atoms with Gasteiger partial charge in [0.25, 0.3) is 0 Å². The Labute approximate surface area is 140 Å². The van der Waals surface area contributed by atoms with Gasteiger partial charge < -0.3 is 9.47 Å². The van der Waals surface area contributed by atoms with Crippen molar-refractivity contribution < 1.29 is 9.47 Å². The van der Waals surface area contributed by atoms with Crippen LogP contribution in [0.25, 0.3) is 0 Å². The fourth-order valence-electron chi connectivity index (χ4n) is 2.33. The first-order valence-corrected chi connectivity index (χ1v) is 11.2. The molecule has 23 heavy (non-hydrogen) atoms. The van der Waals surface area contributed by atoms with Crippen molar-refractivity contribution in [3.05, 3.63) is 59.7 Å². The topological polar surface area (TPSA) is 18.5 Å². The maximum absolute atomic E-state index is 5.59. The van der Waals surface area contributed by atoms with Crippen LogP contribution in [0.5, 0.6) is 11.5 Å². The Morgan fingerprint density at radius 3 is 2.17 bits per heavy atom. The van der Waals surface area contributed by atoms with Gasteiger partial charge in [-0.05, 0) is 11.6 Å². The molecule has 2 aromatic rings. The Kier molecular flexibility index (Phi) is 5.52. The summed E-state index contributed by atoms with van der Waals surface area (Å²) >= 11 is 0. The summed E-state index contributed by atoms with van der Waals surface area (Å²) in [4.78, 5) is 0. The minimum Gasteiger partial charge on any atom is -0.497 e. The largest absolute Gasteiger partial charge is 0.497 e. The highest BCUT2D eigenvalue weighted by atomic mass is 28.3. The van der Waals surface area contributed by atoms with Gasteiger partial charge in [0.05, 0.1) is 20.1 Å². The van der Waals surface area contributed by atoms with Gasteiger partial charge in [-0.15, -0.1) is 5.54 Å². The highest BCUT2D eigenvalue weighted by Gasteiger charge is 2.18. The Morgan fingerprint density at radius 1 is 0.913 bits per heavy atom. The van der Waals surface area contributed by atoms with E-state index in [2.05, 4.69) is 55.4 Å². The van der Waals surface area contributed by atoms with Crippen LogP contribution in [0.15, 0.2) is 48.5 Å². The summed E-state index contributed by atoms with van der Waals surface area (Å²) in [5.74, 6) is 5.09. The van der Waals surface area contributed by atoms with Crippen molar-refractivity contribution in [2.24, 2.45) is 0 Å². The number of methoxy groups -OCH3 is 2. The molecule has 0 aliphatic carbocycles. The molecule has 0 N–H and O–H groups in total. The lowest BCUT2D eigenvalue weighted by atomic mass is 9.91. The number of rotatable bonds is 4. The standard InChI is InChI=1S/C20H24O2Si/c1-21-17-11-12-19(20(15-17)22-2)18(13-14-23(3,4)5)16-9-7-6-8-10-16/h6-12,15,18H,1-5H3. The smallest absolute Gasteiger partial charge is 0.129 e. The monoisotopic (exact) mass is 324 g/mol. The zero-order valence-electron chi connectivity index (χ0n) is 14.5. The molecule has 0 aromatic heterocycles. The SMILES string of the molecule is COc1ccc(C(C#C[Si](C)(C)C)c2ccccc2)c(OC)c1. The van der Waals surface area contributed by atoms with Crippen LogP contribution < -0.4 is 9.47 Å². The lowest BCUT2D eigenvalue weighted by Crippen LogP contribution is -2.17. The first-order valence-electron chi connectivity index (χ1n) is 7.74. The van der Waals surface area contributed by atoms with Crippen LogP contribution in [0.4, 0.5) is 0 Å². The molecule has 120 valence electrons. The highest BCUT2D eigenvalue weighted by molar-refractivity contribution is 6.83. The van der Waals surface area contributed by atoms with E-state index in [1.807, 2.05) is 24.3 Å². The summed E-state index contributed by atoms with van der Waals surface area (Å²) in [5.41, 5.74) is 5.76. The molecule has 2 aromatic carbocycles. The van der Waals surface area contributed by atoms with Crippen LogP contribution in [0.3, 0.4) is 0 Å². The van der Waals surface area contributed by atoms with Gasteiger partial charge in [-0.3, -0.25) is 0 Å². The predicted molar refractivity (Wildman–Crippen MR) is 99.0 cm³/mol. The average molecular weight is 324 g/mol. The summed E-state index contributed by atoms with van der Waals surface area (Å²) in [6.45, 7) is 6.77. The van der Waals surface area contributed by atoms with Gasteiger partial charge in [0.15, 0.2) is 0 Å². The molecule has 2 nitrogen and oxygen atoms in total. The van der Waals surface area contributed by atoms with E-state index >= 15 is 0 Å². The predicted octanol–water partition coefficient (Wildman–Crippen LogP) is 4.72. The third kappa shape index (κ3) is 4.64. The van der Waals surface area contributed by atoms with E-state index in [0.29, 0.717) is 0 Å². The van der Waals surface area contributed by atoms with Crippen molar-refractivity contribution >= 4 is 8.07 Å². The Bertz CT molecular complexity index is 706. The summed E-state index contributed by atoms with van der Waals surface area (Å²) in [7, 11) is 1.89. The first kappa shape index (κ1) is 17.2. The first-order chi connectivity index (χ1) is 10.9. The van der Waals surface area contributed by atoms with Crippen LogP contribution in [0.2, 0.25) is 19.6 Å². The van der Waals surface area contributed by atoms with E-state index < -0.39 is 8.07 Å². The molecular formula is C20H24O2Si. The van der Waals surface area contributed by atoms with E-state index in [1.54, 1.807) is 14.2 Å². The van der Waals surface area contributed by atoms with Crippen molar-refractivity contribution in [2.45, 2.75) is 25.6 Å². The fraction of sp³-hybridized carbons (Fsp3) is 0.300. The molecule has 3 heteroatoms. The van der Waals surface area contributed by atoms with E-state index in [4.69, 9.17) is 9.47 Å². The molecule has 0 aliphatic heterocycles. The molecule has 0 saturated heterocycles. The molecule has 0 fully saturated rings. The van der Waals surface area contributed by atoms with Crippen LogP contribution in [-0.4, -0.2) is 22.3 Å². The van der Waals surface area contributed by atoms with Gasteiger partial charge in [0.1, 0.15) is 19.6 Å². The lowest BCUT2D eigenvalue weighted by molar-refractivity contribution is 0.391. The number of benzene rings is 2. The normalized spacial score (nSPS) is 12.0. The zero-order chi connectivity index (χ0) is 16.9. The molecule has 0 radical (unpaired) electrons. The maximum Gasteiger partial charge on any atom is 0.129 e. The number of hydrogen-bond donors (Lipinski definition) is 0. The molecule has 0 aliphatic rings. The van der Waals surface area contributed by atoms with Crippen LogP contribution in [0.1, 0.15) is 17.0 Å². The molecular weight excluding hydrogens is 300 g/mol. The lowest BCUT2D eigenvalue weighted by Gasteiger charge is -2.17. The fourth-order valence-corrected chi connectivity index (χ4v) is 2.91. The van der Waals surface area contributed by atoms with Gasteiger partial charge in [-0.25, -0.2) is 0 Å². The minimum absolute atomic E-state index is 0.00350. The third-order valence-corrected chi connectivity index (χ3v) is 4.37. The summed E-state index contributed by atoms with van der Waals surface area (Å²) in [6.07, 6.45) is 0. The summed E-state index contributed by atoms with van der Waals surface area (Å²) in [5, 5.41) is 0. The van der Waals surface area contributed by atoms with Gasteiger partial charge in [0, 0.05) is 11.6 Å². The molecule has 0 heterocycles. The summed E-state index contributed by atoms with van der Waals surface area (Å²) in [6, 6.07) is 16.3. The Morgan fingerprint density at radius 2 is 1.61 bits per heavy atom. The van der Waals surface area contributed by atoms with Gasteiger partial charge in [-0.1, -0.05) is 62.0 Å². The van der Waals surface area contributed by atoms with E-state index in [0.717, 1.165) is 17.1 Å². The van der Waals surface area contributed by atoms with Crippen molar-refractivity contribution in [2.75, 3.05) is 14.2 Å².